The maximum absolute atomic E-state index is 11.6. The zero-order valence-corrected chi connectivity index (χ0v) is 34.2. The molecule has 0 heterocycles. The van der Waals surface area contributed by atoms with Crippen LogP contribution in [0.5, 0.6) is 23.0 Å². The Bertz CT molecular complexity index is 1440. The first kappa shape index (κ1) is 51.3. The SMILES string of the molecule is CC(C)(CN=Cc1ccccc1[O-])CN=Cc1ccccc1[O-].CC(C)(CN=Cc1ccccc1[O-])CN=Cc1ccccc1[O-].[O-2].[O-2].[O-2].[Re].[Re]. The first-order chi connectivity index (χ1) is 22.0. The molecule has 2 radical (unpaired) electrons. The van der Waals surface area contributed by atoms with Crippen LogP contribution < -0.4 is 20.4 Å². The summed E-state index contributed by atoms with van der Waals surface area (Å²) in [5.74, 6) is -0.114. The van der Waals surface area contributed by atoms with E-state index in [0.29, 0.717) is 48.4 Å². The number of nitrogens with zero attached hydrogens (tertiary/aromatic N) is 4. The Morgan fingerprint density at radius 1 is 0.392 bits per heavy atom. The van der Waals surface area contributed by atoms with Crippen molar-refractivity contribution >= 4 is 24.9 Å². The van der Waals surface area contributed by atoms with Gasteiger partial charge in [0.2, 0.25) is 0 Å². The summed E-state index contributed by atoms with van der Waals surface area (Å²) < 4.78 is 0. The monoisotopic (exact) mass is 1040 g/mol. The molecule has 0 fully saturated rings. The molecule has 0 bridgehead atoms. The number of hydrogen-bond donors (Lipinski definition) is 0. The van der Waals surface area contributed by atoms with Crippen LogP contribution in [0.15, 0.2) is 117 Å². The van der Waals surface area contributed by atoms with Crippen LogP contribution in [0.1, 0.15) is 49.9 Å². The first-order valence-electron chi connectivity index (χ1n) is 15.0. The van der Waals surface area contributed by atoms with E-state index in [9.17, 15) is 20.4 Å². The molecule has 4 rings (SSSR count). The number of benzene rings is 4. The summed E-state index contributed by atoms with van der Waals surface area (Å²) in [6.45, 7) is 10.4. The van der Waals surface area contributed by atoms with E-state index >= 15 is 0 Å². The van der Waals surface area contributed by atoms with Gasteiger partial charge in [0.05, 0.1) is 0 Å². The molecule has 4 aromatic rings. The largest absolute Gasteiger partial charge is 2.00 e. The van der Waals surface area contributed by atoms with Gasteiger partial charge in [0.25, 0.3) is 0 Å². The van der Waals surface area contributed by atoms with E-state index < -0.39 is 0 Å². The third-order valence-electron chi connectivity index (χ3n) is 6.67. The second kappa shape index (κ2) is 25.8. The van der Waals surface area contributed by atoms with Gasteiger partial charge in [0, 0.05) is 103 Å². The van der Waals surface area contributed by atoms with Crippen molar-refractivity contribution in [2.75, 3.05) is 26.2 Å². The molecular weight excluding hydrogens is 997 g/mol. The summed E-state index contributed by atoms with van der Waals surface area (Å²) in [6.07, 6.45) is 6.45. The van der Waals surface area contributed by atoms with Crippen molar-refractivity contribution < 1.29 is 77.7 Å². The van der Waals surface area contributed by atoms with Crippen LogP contribution in [0.2, 0.25) is 0 Å². The maximum Gasteiger partial charge on any atom is 0.0458 e. The summed E-state index contributed by atoms with van der Waals surface area (Å²) in [5, 5.41) is 46.4. The molecule has 0 aliphatic heterocycles. The maximum atomic E-state index is 11.6. The van der Waals surface area contributed by atoms with E-state index in [-0.39, 0.29) is 91.1 Å². The quantitative estimate of drug-likeness (QED) is 0.188. The molecule has 0 aliphatic rings. The average Bonchev–Trinajstić information content (AvgIpc) is 3.01. The molecule has 11 nitrogen and oxygen atoms in total. The van der Waals surface area contributed by atoms with E-state index in [1.807, 2.05) is 52.0 Å². The van der Waals surface area contributed by atoms with Crippen molar-refractivity contribution in [2.45, 2.75) is 27.7 Å². The van der Waals surface area contributed by atoms with Gasteiger partial charge in [-0.2, -0.15) is 0 Å². The van der Waals surface area contributed by atoms with Gasteiger partial charge in [0.15, 0.2) is 0 Å². The topological polar surface area (TPSA) is 227 Å². The van der Waals surface area contributed by atoms with Crippen LogP contribution in [0.25, 0.3) is 0 Å². The molecule has 51 heavy (non-hydrogen) atoms. The van der Waals surface area contributed by atoms with E-state index in [0.717, 1.165) is 0 Å². The minimum absolute atomic E-state index is 0. The Balaban J connectivity index is -0.000000823. The Kier molecular flexibility index (Phi) is 26.0. The van der Waals surface area contributed by atoms with E-state index in [4.69, 9.17) is 0 Å². The summed E-state index contributed by atoms with van der Waals surface area (Å²) in [5.41, 5.74) is 2.06. The molecule has 0 atom stereocenters. The molecule has 0 aliphatic carbocycles. The second-order valence-corrected chi connectivity index (χ2v) is 12.4. The van der Waals surface area contributed by atoms with Gasteiger partial charge in [-0.3, -0.25) is 20.0 Å². The number of rotatable bonds is 12. The van der Waals surface area contributed by atoms with Crippen molar-refractivity contribution in [1.82, 2.24) is 0 Å². The van der Waals surface area contributed by atoms with Crippen molar-refractivity contribution in [1.29, 1.82) is 0 Å². The van der Waals surface area contributed by atoms with E-state index in [2.05, 4.69) is 20.0 Å². The van der Waals surface area contributed by atoms with Crippen molar-refractivity contribution in [3.63, 3.8) is 0 Å². The fourth-order valence-corrected chi connectivity index (χ4v) is 4.01. The average molecular weight is 1040 g/mol. The van der Waals surface area contributed by atoms with Gasteiger partial charge in [-0.25, -0.2) is 0 Å². The molecule has 0 saturated heterocycles. The fraction of sp³-hybridized carbons (Fsp3) is 0.263. The van der Waals surface area contributed by atoms with Gasteiger partial charge in [0.1, 0.15) is 0 Å². The smallest absolute Gasteiger partial charge is 0.0458 e. The molecule has 4 aromatic carbocycles. The predicted molar refractivity (Wildman–Crippen MR) is 183 cm³/mol. The standard InChI is InChI=1S/2C19H22N2O2.3O.2Re/c2*1-19(2,13-20-11-15-7-3-5-9-17(15)22)14-21-12-16-8-4-6-10-18(16)23;;;;;/h2*3-12,22-23H,13-14H2,1-2H3;;;;;/q;;3*-2;;/p-4. The Morgan fingerprint density at radius 3 is 0.745 bits per heavy atom. The van der Waals surface area contributed by atoms with Gasteiger partial charge in [-0.15, -0.1) is 23.0 Å². The summed E-state index contributed by atoms with van der Waals surface area (Å²) in [4.78, 5) is 17.4. The third kappa shape index (κ3) is 19.2. The second-order valence-electron chi connectivity index (χ2n) is 12.4. The molecule has 13 heteroatoms. The number of hydrogen-bond acceptors (Lipinski definition) is 8. The summed E-state index contributed by atoms with van der Waals surface area (Å²) >= 11 is 0. The third-order valence-corrected chi connectivity index (χ3v) is 6.67. The number of aliphatic imine (C=N–C) groups is 4. The fourth-order valence-electron chi connectivity index (χ4n) is 4.01. The van der Waals surface area contributed by atoms with Gasteiger partial charge < -0.3 is 36.9 Å². The minimum Gasteiger partial charge on any atom is -2.00 e. The van der Waals surface area contributed by atoms with Crippen LogP contribution in [-0.4, -0.2) is 51.0 Å². The van der Waals surface area contributed by atoms with Crippen molar-refractivity contribution in [2.24, 2.45) is 30.8 Å². The molecule has 0 spiro atoms. The molecular formula is C38H40N4O7Re2-10. The van der Waals surface area contributed by atoms with Crippen LogP contribution >= 0.6 is 0 Å². The zero-order valence-electron chi connectivity index (χ0n) is 28.8. The Morgan fingerprint density at radius 2 is 0.569 bits per heavy atom. The normalized spacial score (nSPS) is 11.1. The minimum atomic E-state index is -0.150. The van der Waals surface area contributed by atoms with Crippen LogP contribution in [-0.2, 0) is 57.3 Å². The van der Waals surface area contributed by atoms with Crippen molar-refractivity contribution in [3.05, 3.63) is 119 Å². The molecule has 0 unspecified atom stereocenters. The predicted octanol–water partition coefficient (Wildman–Crippen LogP) is 4.43. The molecule has 0 amide bonds. The van der Waals surface area contributed by atoms with E-state index in [1.54, 1.807) is 73.4 Å². The number of para-hydroxylation sites is 4. The van der Waals surface area contributed by atoms with Gasteiger partial charge >= 0.3 is 0 Å². The summed E-state index contributed by atoms with van der Waals surface area (Å²) in [6, 6.07) is 27.2. The Hall–Kier alpha value is -4.04. The van der Waals surface area contributed by atoms with Gasteiger partial charge in [-0.05, 0) is 22.3 Å². The molecule has 0 N–H and O–H groups in total. The molecule has 278 valence electrons. The summed E-state index contributed by atoms with van der Waals surface area (Å²) in [7, 11) is 0. The Labute approximate surface area is 327 Å². The van der Waals surface area contributed by atoms with Crippen LogP contribution in [0, 0.1) is 10.8 Å². The van der Waals surface area contributed by atoms with Crippen molar-refractivity contribution in [3.8, 4) is 23.0 Å². The van der Waals surface area contributed by atoms with Gasteiger partial charge in [-0.1, -0.05) is 125 Å². The zero-order chi connectivity index (χ0) is 33.4. The molecule has 0 saturated carbocycles. The van der Waals surface area contributed by atoms with Crippen LogP contribution in [0.3, 0.4) is 0 Å². The molecule has 0 aromatic heterocycles. The van der Waals surface area contributed by atoms with Crippen LogP contribution in [0.4, 0.5) is 0 Å². The van der Waals surface area contributed by atoms with E-state index in [1.165, 1.54) is 24.3 Å². The first-order valence-corrected chi connectivity index (χ1v) is 15.0.